The largest absolute Gasteiger partial charge is 0.478 e. The Bertz CT molecular complexity index is 483. The normalized spacial score (nSPS) is 9.79. The summed E-state index contributed by atoms with van der Waals surface area (Å²) < 4.78 is 0. The smallest absolute Gasteiger partial charge is 0.338 e. The number of aromatic amines is 1. The predicted octanol–water partition coefficient (Wildman–Crippen LogP) is 1.53. The summed E-state index contributed by atoms with van der Waals surface area (Å²) >= 11 is 5.84. The van der Waals surface area contributed by atoms with Crippen LogP contribution in [0.1, 0.15) is 10.4 Å². The van der Waals surface area contributed by atoms with Gasteiger partial charge in [-0.15, -0.1) is 0 Å². The van der Waals surface area contributed by atoms with E-state index in [4.69, 9.17) is 16.7 Å². The van der Waals surface area contributed by atoms with Gasteiger partial charge < -0.3 is 10.1 Å². The van der Waals surface area contributed by atoms with Gasteiger partial charge in [0.25, 0.3) is 0 Å². The predicted molar refractivity (Wildman–Crippen MR) is 53.8 cm³/mol. The van der Waals surface area contributed by atoms with Crippen LogP contribution in [0.2, 0.25) is 5.02 Å². The van der Waals surface area contributed by atoms with E-state index >= 15 is 0 Å². The maximum absolute atomic E-state index is 10.7. The first kappa shape index (κ1) is 11.1. The Morgan fingerprint density at radius 1 is 1.57 bits per heavy atom. The molecule has 0 aliphatic rings. The van der Waals surface area contributed by atoms with Crippen molar-refractivity contribution in [2.75, 3.05) is 0 Å². The van der Waals surface area contributed by atoms with Gasteiger partial charge in [0.1, 0.15) is 5.65 Å². The molecule has 0 aromatic carbocycles. The van der Waals surface area contributed by atoms with Crippen molar-refractivity contribution in [1.82, 2.24) is 9.97 Å². The molecule has 0 saturated carbocycles. The van der Waals surface area contributed by atoms with E-state index in [0.717, 1.165) is 0 Å². The molecule has 14 heavy (non-hydrogen) atoms. The molecule has 0 bridgehead atoms. The van der Waals surface area contributed by atoms with Gasteiger partial charge in [0.05, 0.1) is 10.6 Å². The molecule has 0 saturated heterocycles. The Kier molecular flexibility index (Phi) is 3.22. The number of nitrogens with zero attached hydrogens (tertiary/aromatic N) is 1. The van der Waals surface area contributed by atoms with Crippen molar-refractivity contribution < 1.29 is 9.90 Å². The Morgan fingerprint density at radius 2 is 2.29 bits per heavy atom. The second-order valence-corrected chi connectivity index (χ2v) is 2.91. The van der Waals surface area contributed by atoms with E-state index < -0.39 is 5.97 Å². The molecule has 6 heteroatoms. The molecule has 2 N–H and O–H groups in total. The molecular formula is C8H5ClLiN2O2. The van der Waals surface area contributed by atoms with Gasteiger partial charge in [0, 0.05) is 36.6 Å². The zero-order valence-electron chi connectivity index (χ0n) is 7.41. The minimum absolute atomic E-state index is 0. The van der Waals surface area contributed by atoms with Crippen LogP contribution in [0.4, 0.5) is 0 Å². The Labute approximate surface area is 96.5 Å². The number of halogens is 1. The Balaban J connectivity index is 0.000000980. The fraction of sp³-hybridized carbons (Fsp3) is 0. The SMILES string of the molecule is O=C(O)c1cnc2[nH]ccc2c1Cl.[Li]. The minimum Gasteiger partial charge on any atom is -0.478 e. The first-order chi connectivity index (χ1) is 6.20. The van der Waals surface area contributed by atoms with E-state index in [1.54, 1.807) is 12.3 Å². The van der Waals surface area contributed by atoms with Crippen molar-refractivity contribution in [1.29, 1.82) is 0 Å². The van der Waals surface area contributed by atoms with E-state index in [2.05, 4.69) is 9.97 Å². The maximum atomic E-state index is 10.7. The van der Waals surface area contributed by atoms with Crippen molar-refractivity contribution in [2.24, 2.45) is 0 Å². The monoisotopic (exact) mass is 203 g/mol. The molecule has 0 amide bonds. The van der Waals surface area contributed by atoms with Crippen molar-refractivity contribution >= 4 is 47.5 Å². The summed E-state index contributed by atoms with van der Waals surface area (Å²) in [5.41, 5.74) is 0.615. The molecule has 0 aliphatic carbocycles. The quantitative estimate of drug-likeness (QED) is 0.691. The standard InChI is InChI=1S/C8H5ClN2O2.Li/c9-6-4-1-2-10-7(4)11-3-5(6)8(12)13;/h1-3H,(H,10,11)(H,12,13);. The summed E-state index contributed by atoms with van der Waals surface area (Å²) in [6.07, 6.45) is 2.90. The van der Waals surface area contributed by atoms with Crippen LogP contribution in [0.3, 0.4) is 0 Å². The second-order valence-electron chi connectivity index (χ2n) is 2.53. The molecule has 2 aromatic rings. The fourth-order valence-electron chi connectivity index (χ4n) is 1.12. The molecular weight excluding hydrogens is 198 g/mol. The van der Waals surface area contributed by atoms with E-state index in [1.807, 2.05) is 0 Å². The fourth-order valence-corrected chi connectivity index (χ4v) is 1.41. The number of aromatic nitrogens is 2. The van der Waals surface area contributed by atoms with Crippen LogP contribution in [0.25, 0.3) is 11.0 Å². The Hall–Kier alpha value is -0.953. The third-order valence-corrected chi connectivity index (χ3v) is 2.16. The zero-order chi connectivity index (χ0) is 9.42. The third-order valence-electron chi connectivity index (χ3n) is 1.75. The van der Waals surface area contributed by atoms with Crippen LogP contribution >= 0.6 is 11.6 Å². The van der Waals surface area contributed by atoms with Crippen LogP contribution in [-0.4, -0.2) is 39.9 Å². The third kappa shape index (κ3) is 1.64. The van der Waals surface area contributed by atoms with Gasteiger partial charge in [-0.2, -0.15) is 0 Å². The molecule has 0 unspecified atom stereocenters. The summed E-state index contributed by atoms with van der Waals surface area (Å²) in [5, 5.41) is 9.58. The zero-order valence-corrected chi connectivity index (χ0v) is 8.17. The van der Waals surface area contributed by atoms with Gasteiger partial charge in [0.15, 0.2) is 0 Å². The van der Waals surface area contributed by atoms with Gasteiger partial charge in [-0.3, -0.25) is 0 Å². The van der Waals surface area contributed by atoms with E-state index in [-0.39, 0.29) is 29.4 Å². The molecule has 67 valence electrons. The van der Waals surface area contributed by atoms with Crippen molar-refractivity contribution in [3.05, 3.63) is 29.0 Å². The van der Waals surface area contributed by atoms with Crippen molar-refractivity contribution in [2.45, 2.75) is 0 Å². The summed E-state index contributed by atoms with van der Waals surface area (Å²) in [5.74, 6) is -1.07. The van der Waals surface area contributed by atoms with Crippen molar-refractivity contribution in [3.63, 3.8) is 0 Å². The Morgan fingerprint density at radius 3 is 2.93 bits per heavy atom. The van der Waals surface area contributed by atoms with Gasteiger partial charge in [-0.25, -0.2) is 9.78 Å². The summed E-state index contributed by atoms with van der Waals surface area (Å²) in [7, 11) is 0. The molecule has 0 spiro atoms. The van der Waals surface area contributed by atoms with Crippen LogP contribution in [-0.2, 0) is 0 Å². The number of rotatable bonds is 1. The number of nitrogens with one attached hydrogen (secondary N) is 1. The average Bonchev–Trinajstić information content (AvgIpc) is 2.52. The van der Waals surface area contributed by atoms with E-state index in [9.17, 15) is 4.79 Å². The van der Waals surface area contributed by atoms with E-state index in [0.29, 0.717) is 11.0 Å². The van der Waals surface area contributed by atoms with Gasteiger partial charge in [0.2, 0.25) is 0 Å². The van der Waals surface area contributed by atoms with Gasteiger partial charge in [-0.1, -0.05) is 11.6 Å². The number of pyridine rings is 1. The topological polar surface area (TPSA) is 66.0 Å². The minimum atomic E-state index is -1.07. The summed E-state index contributed by atoms with van der Waals surface area (Å²) in [4.78, 5) is 17.4. The molecule has 2 aromatic heterocycles. The molecule has 1 radical (unpaired) electrons. The second kappa shape index (κ2) is 4.05. The molecule has 2 heterocycles. The van der Waals surface area contributed by atoms with Gasteiger partial charge in [-0.05, 0) is 6.07 Å². The van der Waals surface area contributed by atoms with Crippen LogP contribution in [0, 0.1) is 0 Å². The first-order valence-corrected chi connectivity index (χ1v) is 3.93. The van der Waals surface area contributed by atoms with Crippen LogP contribution in [0.15, 0.2) is 18.5 Å². The number of carbonyl (C=O) groups is 1. The molecule has 4 nitrogen and oxygen atoms in total. The molecule has 2 rings (SSSR count). The number of carboxylic acid groups (broad SMARTS) is 1. The van der Waals surface area contributed by atoms with Crippen LogP contribution in [0.5, 0.6) is 0 Å². The maximum Gasteiger partial charge on any atom is 0.338 e. The average molecular weight is 204 g/mol. The van der Waals surface area contributed by atoms with E-state index in [1.165, 1.54) is 6.20 Å². The van der Waals surface area contributed by atoms with Gasteiger partial charge >= 0.3 is 5.97 Å². The number of hydrogen-bond donors (Lipinski definition) is 2. The summed E-state index contributed by atoms with van der Waals surface area (Å²) in [6, 6.07) is 1.69. The number of aromatic carboxylic acids is 1. The number of fused-ring (bicyclic) bond motifs is 1. The summed E-state index contributed by atoms with van der Waals surface area (Å²) in [6.45, 7) is 0. The number of H-pyrrole nitrogens is 1. The molecule has 0 atom stereocenters. The van der Waals surface area contributed by atoms with Crippen LogP contribution < -0.4 is 0 Å². The van der Waals surface area contributed by atoms with Crippen molar-refractivity contribution in [3.8, 4) is 0 Å². The number of hydrogen-bond acceptors (Lipinski definition) is 2. The molecule has 0 aliphatic heterocycles. The molecule has 0 fully saturated rings. The number of carboxylic acids is 1. The first-order valence-electron chi connectivity index (χ1n) is 3.55.